The van der Waals surface area contributed by atoms with Crippen molar-refractivity contribution in [2.75, 3.05) is 14.2 Å². The average molecular weight is 397 g/mol. The number of esters is 2. The van der Waals surface area contributed by atoms with Gasteiger partial charge >= 0.3 is 11.9 Å². The lowest BCUT2D eigenvalue weighted by Crippen LogP contribution is -2.31. The molecule has 0 aliphatic carbocycles. The molecule has 0 spiro atoms. The molecule has 2 aromatic carbocycles. The number of nitrogens with one attached hydrogen (secondary N) is 1. The van der Waals surface area contributed by atoms with E-state index < -0.39 is 23.8 Å². The summed E-state index contributed by atoms with van der Waals surface area (Å²) in [6.45, 7) is -0.00725. The highest BCUT2D eigenvalue weighted by atomic mass is 16.5. The van der Waals surface area contributed by atoms with Crippen LogP contribution in [0.3, 0.4) is 0 Å². The van der Waals surface area contributed by atoms with Crippen LogP contribution in [0.25, 0.3) is 0 Å². The Bertz CT molecular complexity index is 952. The number of hydrogen-bond acceptors (Lipinski definition) is 7. The zero-order valence-corrected chi connectivity index (χ0v) is 15.8. The van der Waals surface area contributed by atoms with Crippen LogP contribution in [0, 0.1) is 0 Å². The number of rotatable bonds is 8. The molecular formula is C21H19NO7. The Labute approximate surface area is 166 Å². The molecule has 1 N–H and O–H groups in total. The Morgan fingerprint density at radius 1 is 0.966 bits per heavy atom. The van der Waals surface area contributed by atoms with Crippen LogP contribution in [-0.4, -0.2) is 44.6 Å². The second kappa shape index (κ2) is 9.93. The largest absolute Gasteiger partial charge is 0.465 e. The molecule has 0 fully saturated rings. The van der Waals surface area contributed by atoms with Crippen molar-refractivity contribution in [1.82, 2.24) is 5.32 Å². The minimum atomic E-state index is -1.22. The van der Waals surface area contributed by atoms with Crippen molar-refractivity contribution in [2.24, 2.45) is 0 Å². The van der Waals surface area contributed by atoms with Gasteiger partial charge in [-0.3, -0.25) is 9.59 Å². The molecule has 0 saturated carbocycles. The van der Waals surface area contributed by atoms with E-state index in [-0.39, 0.29) is 28.8 Å². The van der Waals surface area contributed by atoms with Crippen LogP contribution in [0.15, 0.2) is 42.5 Å². The van der Waals surface area contributed by atoms with Crippen LogP contribution < -0.4 is 5.32 Å². The lowest BCUT2D eigenvalue weighted by Gasteiger charge is -2.15. The Morgan fingerprint density at radius 3 is 2.24 bits per heavy atom. The number of ether oxygens (including phenoxy) is 2. The molecule has 0 saturated heterocycles. The number of carbonyl (C=O) groups excluding carboxylic acids is 5. The monoisotopic (exact) mass is 397 g/mol. The number of aldehydes is 2. The number of amides is 1. The van der Waals surface area contributed by atoms with Gasteiger partial charge in [0.05, 0.1) is 25.3 Å². The third-order valence-electron chi connectivity index (χ3n) is 4.24. The van der Waals surface area contributed by atoms with Crippen LogP contribution >= 0.6 is 0 Å². The van der Waals surface area contributed by atoms with E-state index >= 15 is 0 Å². The number of methoxy groups -OCH3 is 2. The van der Waals surface area contributed by atoms with Crippen LogP contribution in [0.1, 0.15) is 48.1 Å². The van der Waals surface area contributed by atoms with Crippen molar-refractivity contribution in [3.05, 3.63) is 70.3 Å². The fourth-order valence-electron chi connectivity index (χ4n) is 2.74. The fourth-order valence-corrected chi connectivity index (χ4v) is 2.74. The van der Waals surface area contributed by atoms with Crippen molar-refractivity contribution in [3.63, 3.8) is 0 Å². The molecule has 0 aromatic heterocycles. The predicted octanol–water partition coefficient (Wildman–Crippen LogP) is 1.67. The third kappa shape index (κ3) is 4.92. The molecule has 29 heavy (non-hydrogen) atoms. The van der Waals surface area contributed by atoms with Crippen LogP contribution in [0.2, 0.25) is 0 Å². The van der Waals surface area contributed by atoms with E-state index in [9.17, 15) is 24.0 Å². The molecule has 1 amide bonds. The molecule has 1 atom stereocenters. The summed E-state index contributed by atoms with van der Waals surface area (Å²) in [4.78, 5) is 58.9. The summed E-state index contributed by atoms with van der Waals surface area (Å²) >= 11 is 0. The number of carbonyl (C=O) groups is 5. The van der Waals surface area contributed by atoms with Crippen molar-refractivity contribution < 1.29 is 33.4 Å². The summed E-state index contributed by atoms with van der Waals surface area (Å²) in [5, 5.41) is 2.59. The van der Waals surface area contributed by atoms with Gasteiger partial charge in [0.25, 0.3) is 0 Å². The second-order valence-corrected chi connectivity index (χ2v) is 5.94. The maximum Gasteiger partial charge on any atom is 0.338 e. The van der Waals surface area contributed by atoms with Crippen molar-refractivity contribution in [1.29, 1.82) is 0 Å². The lowest BCUT2D eigenvalue weighted by molar-refractivity contribution is -0.126. The SMILES string of the molecule is COC(=O)c1cc(CNC(=O)C(C=O)c2ccccc2C(=O)OC)ccc1C=O. The molecule has 150 valence electrons. The minimum absolute atomic E-state index is 0.00725. The summed E-state index contributed by atoms with van der Waals surface area (Å²) in [5.41, 5.74) is 1.08. The van der Waals surface area contributed by atoms with Gasteiger partial charge in [-0.1, -0.05) is 30.3 Å². The molecule has 8 heteroatoms. The maximum absolute atomic E-state index is 12.6. The van der Waals surface area contributed by atoms with Crippen LogP contribution in [-0.2, 0) is 25.6 Å². The standard InChI is InChI=1S/C21H19NO7/c1-28-20(26)16-6-4-3-5-15(16)18(12-24)19(25)22-10-13-7-8-14(11-23)17(9-13)21(27)29-2/h3-9,11-12,18H,10H2,1-2H3,(H,22,25). The highest BCUT2D eigenvalue weighted by Crippen LogP contribution is 2.20. The number of benzene rings is 2. The third-order valence-corrected chi connectivity index (χ3v) is 4.24. The highest BCUT2D eigenvalue weighted by molar-refractivity contribution is 6.02. The molecule has 0 radical (unpaired) electrons. The summed E-state index contributed by atoms with van der Waals surface area (Å²) in [5.74, 6) is -3.19. The maximum atomic E-state index is 12.6. The predicted molar refractivity (Wildman–Crippen MR) is 102 cm³/mol. The summed E-state index contributed by atoms with van der Waals surface area (Å²) in [6.07, 6.45) is 0.966. The van der Waals surface area contributed by atoms with Crippen LogP contribution in [0.5, 0.6) is 0 Å². The highest BCUT2D eigenvalue weighted by Gasteiger charge is 2.25. The Balaban J connectivity index is 2.22. The Hall–Kier alpha value is -3.81. The lowest BCUT2D eigenvalue weighted by atomic mass is 9.94. The van der Waals surface area contributed by atoms with Crippen molar-refractivity contribution in [2.45, 2.75) is 12.5 Å². The van der Waals surface area contributed by atoms with Gasteiger partial charge < -0.3 is 19.6 Å². The zero-order valence-electron chi connectivity index (χ0n) is 15.8. The quantitative estimate of drug-likeness (QED) is 0.409. The van der Waals surface area contributed by atoms with E-state index in [0.717, 1.165) is 0 Å². The number of hydrogen-bond donors (Lipinski definition) is 1. The topological polar surface area (TPSA) is 116 Å². The summed E-state index contributed by atoms with van der Waals surface area (Å²) in [6, 6.07) is 10.6. The average Bonchev–Trinajstić information content (AvgIpc) is 2.77. The van der Waals surface area contributed by atoms with E-state index in [1.54, 1.807) is 18.2 Å². The zero-order chi connectivity index (χ0) is 21.4. The first kappa shape index (κ1) is 21.5. The summed E-state index contributed by atoms with van der Waals surface area (Å²) < 4.78 is 9.33. The normalized spacial score (nSPS) is 11.1. The smallest absolute Gasteiger partial charge is 0.338 e. The van der Waals surface area contributed by atoms with E-state index in [1.807, 2.05) is 0 Å². The van der Waals surface area contributed by atoms with Crippen molar-refractivity contribution in [3.8, 4) is 0 Å². The first-order valence-corrected chi connectivity index (χ1v) is 8.53. The van der Waals surface area contributed by atoms with Gasteiger partial charge in [-0.05, 0) is 23.3 Å². The van der Waals surface area contributed by atoms with Gasteiger partial charge in [0.15, 0.2) is 6.29 Å². The van der Waals surface area contributed by atoms with Gasteiger partial charge in [-0.2, -0.15) is 0 Å². The Morgan fingerprint density at radius 2 is 1.62 bits per heavy atom. The molecule has 0 aliphatic rings. The van der Waals surface area contributed by atoms with Crippen LogP contribution in [0.4, 0.5) is 0 Å². The minimum Gasteiger partial charge on any atom is -0.465 e. The van der Waals surface area contributed by atoms with Gasteiger partial charge in [0.1, 0.15) is 12.2 Å². The Kier molecular flexibility index (Phi) is 7.36. The van der Waals surface area contributed by atoms with Gasteiger partial charge in [0, 0.05) is 12.1 Å². The molecule has 0 heterocycles. The van der Waals surface area contributed by atoms with E-state index in [1.165, 1.54) is 38.5 Å². The first-order chi connectivity index (χ1) is 14.0. The second-order valence-electron chi connectivity index (χ2n) is 5.94. The molecule has 1 unspecified atom stereocenters. The molecule has 8 nitrogen and oxygen atoms in total. The van der Waals surface area contributed by atoms with E-state index in [0.29, 0.717) is 18.1 Å². The fraction of sp³-hybridized carbons (Fsp3) is 0.190. The first-order valence-electron chi connectivity index (χ1n) is 8.53. The van der Waals surface area contributed by atoms with Gasteiger partial charge in [0.2, 0.25) is 5.91 Å². The van der Waals surface area contributed by atoms with Crippen molar-refractivity contribution >= 4 is 30.4 Å². The van der Waals surface area contributed by atoms with Gasteiger partial charge in [-0.25, -0.2) is 9.59 Å². The molecular weight excluding hydrogens is 378 g/mol. The van der Waals surface area contributed by atoms with E-state index in [2.05, 4.69) is 14.8 Å². The molecule has 0 bridgehead atoms. The van der Waals surface area contributed by atoms with E-state index in [4.69, 9.17) is 0 Å². The van der Waals surface area contributed by atoms with Gasteiger partial charge in [-0.15, -0.1) is 0 Å². The summed E-state index contributed by atoms with van der Waals surface area (Å²) in [7, 11) is 2.40. The molecule has 2 rings (SSSR count). The molecule has 2 aromatic rings. The molecule has 0 aliphatic heterocycles.